The van der Waals surface area contributed by atoms with Crippen molar-refractivity contribution in [2.45, 2.75) is 46.0 Å². The Kier molecular flexibility index (Phi) is 4.29. The maximum absolute atomic E-state index is 13.7. The first-order chi connectivity index (χ1) is 8.91. The van der Waals surface area contributed by atoms with Gasteiger partial charge in [-0.1, -0.05) is 19.9 Å². The molecule has 2 heteroatoms. The van der Waals surface area contributed by atoms with Crippen molar-refractivity contribution in [3.05, 3.63) is 35.1 Å². The minimum atomic E-state index is -0.0958. The molecule has 2 rings (SSSR count). The van der Waals surface area contributed by atoms with E-state index in [9.17, 15) is 4.39 Å². The monoisotopic (exact) mass is 263 g/mol. The molecule has 1 aliphatic rings. The number of hydrogen-bond acceptors (Lipinski definition) is 1. The fourth-order valence-corrected chi connectivity index (χ4v) is 3.52. The first-order valence-electron chi connectivity index (χ1n) is 7.33. The normalized spacial score (nSPS) is 26.4. The molecule has 0 amide bonds. The van der Waals surface area contributed by atoms with Gasteiger partial charge in [-0.3, -0.25) is 0 Å². The number of aryl methyl sites for hydroxylation is 1. The van der Waals surface area contributed by atoms with Gasteiger partial charge in [0.1, 0.15) is 5.82 Å². The van der Waals surface area contributed by atoms with Crippen LogP contribution in [0.1, 0.15) is 50.2 Å². The molecule has 0 heterocycles. The second-order valence-corrected chi connectivity index (χ2v) is 6.89. The molecule has 0 spiro atoms. The minimum absolute atomic E-state index is 0.0958. The second-order valence-electron chi connectivity index (χ2n) is 6.89. The second kappa shape index (κ2) is 5.62. The van der Waals surface area contributed by atoms with Crippen molar-refractivity contribution < 1.29 is 4.39 Å². The van der Waals surface area contributed by atoms with Crippen molar-refractivity contribution in [3.63, 3.8) is 0 Å². The van der Waals surface area contributed by atoms with Gasteiger partial charge in [0.05, 0.1) is 0 Å². The largest absolute Gasteiger partial charge is 0.319 e. The Morgan fingerprint density at radius 3 is 2.68 bits per heavy atom. The quantitative estimate of drug-likeness (QED) is 0.859. The standard InChI is InChI=1S/C17H26FN/c1-12-7-14(9-15(18)8-12)16-10-17(2,3)6-5-13(16)11-19-4/h7-9,13,16,19H,5-6,10-11H2,1-4H3. The van der Waals surface area contributed by atoms with Crippen molar-refractivity contribution >= 4 is 0 Å². The van der Waals surface area contributed by atoms with E-state index in [-0.39, 0.29) is 5.82 Å². The molecule has 1 saturated carbocycles. The summed E-state index contributed by atoms with van der Waals surface area (Å²) in [5, 5.41) is 3.30. The van der Waals surface area contributed by atoms with Gasteiger partial charge < -0.3 is 5.32 Å². The van der Waals surface area contributed by atoms with Gasteiger partial charge in [-0.2, -0.15) is 0 Å². The van der Waals surface area contributed by atoms with Gasteiger partial charge >= 0.3 is 0 Å². The van der Waals surface area contributed by atoms with Gasteiger partial charge in [0.15, 0.2) is 0 Å². The van der Waals surface area contributed by atoms with Crippen LogP contribution < -0.4 is 5.32 Å². The van der Waals surface area contributed by atoms with Gasteiger partial charge in [-0.15, -0.1) is 0 Å². The first kappa shape index (κ1) is 14.5. The summed E-state index contributed by atoms with van der Waals surface area (Å²) in [5.41, 5.74) is 2.59. The summed E-state index contributed by atoms with van der Waals surface area (Å²) in [6.45, 7) is 7.67. The van der Waals surface area contributed by atoms with Gasteiger partial charge in [0.2, 0.25) is 0 Å². The highest BCUT2D eigenvalue weighted by Gasteiger charge is 2.35. The zero-order chi connectivity index (χ0) is 14.0. The average molecular weight is 263 g/mol. The Morgan fingerprint density at radius 1 is 1.32 bits per heavy atom. The van der Waals surface area contributed by atoms with Crippen molar-refractivity contribution in [1.82, 2.24) is 5.32 Å². The highest BCUT2D eigenvalue weighted by Crippen LogP contribution is 2.46. The van der Waals surface area contributed by atoms with Gasteiger partial charge in [0.25, 0.3) is 0 Å². The Bertz CT molecular complexity index is 419. The van der Waals surface area contributed by atoms with Gasteiger partial charge in [-0.25, -0.2) is 4.39 Å². The lowest BCUT2D eigenvalue weighted by Gasteiger charge is -2.41. The van der Waals surface area contributed by atoms with E-state index in [2.05, 4.69) is 25.2 Å². The molecule has 1 aromatic rings. The van der Waals surface area contributed by atoms with Crippen LogP contribution >= 0.6 is 0 Å². The predicted octanol–water partition coefficient (Wildman–Crippen LogP) is 4.26. The number of halogens is 1. The SMILES string of the molecule is CNCC1CCC(C)(C)CC1c1cc(C)cc(F)c1. The van der Waals surface area contributed by atoms with E-state index in [4.69, 9.17) is 0 Å². The number of nitrogens with one attached hydrogen (secondary N) is 1. The smallest absolute Gasteiger partial charge is 0.123 e. The highest BCUT2D eigenvalue weighted by atomic mass is 19.1. The summed E-state index contributed by atoms with van der Waals surface area (Å²) in [7, 11) is 2.01. The van der Waals surface area contributed by atoms with E-state index in [1.54, 1.807) is 12.1 Å². The van der Waals surface area contributed by atoms with Crippen LogP contribution in [0.2, 0.25) is 0 Å². The van der Waals surface area contributed by atoms with E-state index in [0.717, 1.165) is 18.5 Å². The van der Waals surface area contributed by atoms with Crippen LogP contribution in [0.3, 0.4) is 0 Å². The molecule has 2 unspecified atom stereocenters. The molecule has 0 bridgehead atoms. The Morgan fingerprint density at radius 2 is 2.05 bits per heavy atom. The molecule has 1 nitrogen and oxygen atoms in total. The molecule has 19 heavy (non-hydrogen) atoms. The molecule has 0 aliphatic heterocycles. The predicted molar refractivity (Wildman–Crippen MR) is 78.9 cm³/mol. The lowest BCUT2D eigenvalue weighted by Crippen LogP contribution is -2.33. The zero-order valence-corrected chi connectivity index (χ0v) is 12.6. The summed E-state index contributed by atoms with van der Waals surface area (Å²) < 4.78 is 13.7. The topological polar surface area (TPSA) is 12.0 Å². The average Bonchev–Trinajstić information content (AvgIpc) is 2.30. The summed E-state index contributed by atoms with van der Waals surface area (Å²) in [4.78, 5) is 0. The zero-order valence-electron chi connectivity index (χ0n) is 12.6. The van der Waals surface area contributed by atoms with E-state index in [1.165, 1.54) is 18.4 Å². The van der Waals surface area contributed by atoms with E-state index >= 15 is 0 Å². The van der Waals surface area contributed by atoms with E-state index < -0.39 is 0 Å². The van der Waals surface area contributed by atoms with Crippen molar-refractivity contribution in [1.29, 1.82) is 0 Å². The molecule has 2 atom stereocenters. The molecule has 0 radical (unpaired) electrons. The third kappa shape index (κ3) is 3.56. The van der Waals surface area contributed by atoms with Crippen LogP contribution in [-0.4, -0.2) is 13.6 Å². The third-order valence-corrected chi connectivity index (χ3v) is 4.49. The summed E-state index contributed by atoms with van der Waals surface area (Å²) in [6.07, 6.45) is 3.65. The Hall–Kier alpha value is -0.890. The molecular weight excluding hydrogens is 237 g/mol. The minimum Gasteiger partial charge on any atom is -0.319 e. The van der Waals surface area contributed by atoms with Gasteiger partial charge in [0, 0.05) is 0 Å². The van der Waals surface area contributed by atoms with Crippen LogP contribution in [0.4, 0.5) is 4.39 Å². The number of rotatable bonds is 3. The van der Waals surface area contributed by atoms with E-state index in [0.29, 0.717) is 17.3 Å². The summed E-state index contributed by atoms with van der Waals surface area (Å²) >= 11 is 0. The van der Waals surface area contributed by atoms with Crippen LogP contribution in [0, 0.1) is 24.1 Å². The van der Waals surface area contributed by atoms with Crippen LogP contribution in [0.25, 0.3) is 0 Å². The van der Waals surface area contributed by atoms with Gasteiger partial charge in [-0.05, 0) is 80.3 Å². The maximum Gasteiger partial charge on any atom is 0.123 e. The molecule has 1 aliphatic carbocycles. The summed E-state index contributed by atoms with van der Waals surface area (Å²) in [6, 6.07) is 5.52. The van der Waals surface area contributed by atoms with Crippen LogP contribution in [0.15, 0.2) is 18.2 Å². The molecule has 0 saturated heterocycles. The fraction of sp³-hybridized carbons (Fsp3) is 0.647. The van der Waals surface area contributed by atoms with Crippen LogP contribution in [-0.2, 0) is 0 Å². The number of benzene rings is 1. The molecule has 1 fully saturated rings. The van der Waals surface area contributed by atoms with Crippen molar-refractivity contribution in [2.75, 3.05) is 13.6 Å². The lowest BCUT2D eigenvalue weighted by molar-refractivity contribution is 0.161. The Balaban J connectivity index is 2.30. The molecule has 0 aromatic heterocycles. The number of hydrogen-bond donors (Lipinski definition) is 1. The van der Waals surface area contributed by atoms with Crippen LogP contribution in [0.5, 0.6) is 0 Å². The first-order valence-corrected chi connectivity index (χ1v) is 7.33. The highest BCUT2D eigenvalue weighted by molar-refractivity contribution is 5.28. The fourth-order valence-electron chi connectivity index (χ4n) is 3.52. The van der Waals surface area contributed by atoms with E-state index in [1.807, 2.05) is 14.0 Å². The third-order valence-electron chi connectivity index (χ3n) is 4.49. The lowest BCUT2D eigenvalue weighted by atomic mass is 9.65. The Labute approximate surface area is 116 Å². The molecule has 106 valence electrons. The van der Waals surface area contributed by atoms with Crippen molar-refractivity contribution in [2.24, 2.45) is 11.3 Å². The molecule has 1 aromatic carbocycles. The molecular formula is C17H26FN. The van der Waals surface area contributed by atoms with Crippen molar-refractivity contribution in [3.8, 4) is 0 Å². The summed E-state index contributed by atoms with van der Waals surface area (Å²) in [5.74, 6) is 1.01. The maximum atomic E-state index is 13.7. The molecule has 1 N–H and O–H groups in total.